The predicted molar refractivity (Wildman–Crippen MR) is 178 cm³/mol. The van der Waals surface area contributed by atoms with E-state index in [1.165, 1.54) is 10.3 Å². The van der Waals surface area contributed by atoms with E-state index in [2.05, 4.69) is 97.6 Å². The van der Waals surface area contributed by atoms with Gasteiger partial charge in [-0.05, 0) is 54.4 Å². The van der Waals surface area contributed by atoms with E-state index in [-0.39, 0.29) is 11.5 Å². The number of hydrogen-bond acceptors (Lipinski definition) is 7. The van der Waals surface area contributed by atoms with Gasteiger partial charge in [0.05, 0.1) is 5.39 Å². The van der Waals surface area contributed by atoms with Crippen LogP contribution in [-0.4, -0.2) is 73.2 Å². The molecule has 228 valence electrons. The van der Waals surface area contributed by atoms with Crippen molar-refractivity contribution in [3.8, 4) is 11.5 Å². The van der Waals surface area contributed by atoms with Crippen LogP contribution in [0.3, 0.4) is 0 Å². The summed E-state index contributed by atoms with van der Waals surface area (Å²) in [5, 5.41) is 6.85. The summed E-state index contributed by atoms with van der Waals surface area (Å²) in [7, 11) is 0.112. The number of likely N-dealkylation sites (N-methyl/N-ethyl adjacent to an activating group) is 1. The van der Waals surface area contributed by atoms with Crippen LogP contribution in [0.5, 0.6) is 0 Å². The summed E-state index contributed by atoms with van der Waals surface area (Å²) in [6.07, 6.45) is 2.27. The predicted octanol–water partition coefficient (Wildman–Crippen LogP) is 4.92. The maximum absolute atomic E-state index is 13.6. The molecule has 1 aromatic carbocycles. The highest BCUT2D eigenvalue weighted by Crippen LogP contribution is 2.41. The molecule has 3 aromatic rings. The normalized spacial score (nSPS) is 18.0. The molecule has 0 bridgehead atoms. The minimum atomic E-state index is -2.04. The molecule has 4 heterocycles. The lowest BCUT2D eigenvalue weighted by atomic mass is 10.1. The summed E-state index contributed by atoms with van der Waals surface area (Å²) in [4.78, 5) is 40.6. The van der Waals surface area contributed by atoms with Crippen molar-refractivity contribution in [2.45, 2.75) is 70.6 Å². The lowest BCUT2D eigenvalue weighted by molar-refractivity contribution is -0.121. The number of benzene rings is 1. The van der Waals surface area contributed by atoms with Crippen molar-refractivity contribution < 1.29 is 4.79 Å². The molecule has 1 atom stereocenters. The van der Waals surface area contributed by atoms with E-state index in [0.29, 0.717) is 52.1 Å². The number of pyridine rings is 1. The number of amides is 1. The minimum Gasteiger partial charge on any atom is -0.369 e. The van der Waals surface area contributed by atoms with Crippen LogP contribution >= 0.6 is 0 Å². The Balaban J connectivity index is 1.55. The third kappa shape index (κ3) is 6.06. The Hall–Kier alpha value is -3.68. The van der Waals surface area contributed by atoms with E-state index in [0.717, 1.165) is 31.9 Å². The molecular formula is C33H45N7O2Si. The quantitative estimate of drug-likeness (QED) is 0.294. The minimum absolute atomic E-state index is 0.166. The number of carbonyl (C=O) groups excluding carboxylic acids is 1. The van der Waals surface area contributed by atoms with Gasteiger partial charge >= 0.3 is 0 Å². The van der Waals surface area contributed by atoms with Gasteiger partial charge in [-0.15, -0.1) is 5.54 Å². The van der Waals surface area contributed by atoms with Crippen LogP contribution in [0.25, 0.3) is 11.0 Å². The first-order valence-corrected chi connectivity index (χ1v) is 17.8. The van der Waals surface area contributed by atoms with Crippen LogP contribution in [0.2, 0.25) is 16.6 Å². The molecule has 1 amide bonds. The number of anilines is 3. The molecule has 1 unspecified atom stereocenters. The van der Waals surface area contributed by atoms with E-state index < -0.39 is 14.1 Å². The number of rotatable bonds is 7. The van der Waals surface area contributed by atoms with Gasteiger partial charge in [0, 0.05) is 61.9 Å². The molecule has 2 saturated heterocycles. The first-order valence-electron chi connectivity index (χ1n) is 15.5. The number of hydrogen-bond donors (Lipinski definition) is 2. The van der Waals surface area contributed by atoms with Gasteiger partial charge in [0.1, 0.15) is 19.8 Å². The van der Waals surface area contributed by atoms with Crippen molar-refractivity contribution in [3.05, 3.63) is 52.4 Å². The lowest BCUT2D eigenvalue weighted by Gasteiger charge is -2.38. The standard InChI is InChI=1S/C33H45N7O2Si/c1-22(2)43(23(3)4,24(5)6)19-13-25-20-30(41)40(29-12-14-34-32(29)42)31-28(25)21-35-33(37-31)36-26-8-10-27(11-9-26)39-17-15-38(7)16-18-39/h8-11,20-24,29H,12,14-18H2,1-7H3,(H,34,42)(H,35,36,37). The Morgan fingerprint density at radius 3 is 2.21 bits per heavy atom. The summed E-state index contributed by atoms with van der Waals surface area (Å²) >= 11 is 0. The molecule has 2 aliphatic heterocycles. The van der Waals surface area contributed by atoms with Gasteiger partial charge in [-0.1, -0.05) is 47.5 Å². The second-order valence-electron chi connectivity index (χ2n) is 12.9. The molecule has 10 heteroatoms. The van der Waals surface area contributed by atoms with Crippen LogP contribution in [0.15, 0.2) is 41.3 Å². The molecule has 2 fully saturated rings. The molecule has 2 aliphatic rings. The average Bonchev–Trinajstić information content (AvgIpc) is 3.38. The SMILES string of the molecule is CC(C)[Si](C#Cc1cc(=O)n(C2CCNC2=O)c2nc(Nc3ccc(N4CCN(C)CC4)cc3)ncc12)(C(C)C)C(C)C. The Morgan fingerprint density at radius 1 is 0.977 bits per heavy atom. The van der Waals surface area contributed by atoms with E-state index in [1.807, 2.05) is 12.1 Å². The molecule has 0 spiro atoms. The zero-order valence-corrected chi connectivity index (χ0v) is 27.6. The van der Waals surface area contributed by atoms with E-state index in [1.54, 1.807) is 12.3 Å². The highest BCUT2D eigenvalue weighted by Gasteiger charge is 2.41. The molecule has 43 heavy (non-hydrogen) atoms. The molecule has 0 aliphatic carbocycles. The van der Waals surface area contributed by atoms with Crippen molar-refractivity contribution in [2.24, 2.45) is 0 Å². The molecule has 0 radical (unpaired) electrons. The van der Waals surface area contributed by atoms with Gasteiger partial charge in [0.15, 0.2) is 0 Å². The fourth-order valence-electron chi connectivity index (χ4n) is 6.97. The second-order valence-corrected chi connectivity index (χ2v) is 18.5. The molecule has 2 aromatic heterocycles. The van der Waals surface area contributed by atoms with Crippen LogP contribution < -0.4 is 21.1 Å². The van der Waals surface area contributed by atoms with Gasteiger partial charge in [0.25, 0.3) is 5.56 Å². The fourth-order valence-corrected chi connectivity index (χ4v) is 12.2. The molecule has 9 nitrogen and oxygen atoms in total. The third-order valence-corrected chi connectivity index (χ3v) is 15.7. The first-order chi connectivity index (χ1) is 20.5. The van der Waals surface area contributed by atoms with Gasteiger partial charge in [-0.2, -0.15) is 4.98 Å². The highest BCUT2D eigenvalue weighted by molar-refractivity contribution is 6.90. The van der Waals surface area contributed by atoms with Crippen molar-refractivity contribution in [2.75, 3.05) is 50.0 Å². The summed E-state index contributed by atoms with van der Waals surface area (Å²) in [5.41, 5.74) is 7.93. The molecule has 0 saturated carbocycles. The van der Waals surface area contributed by atoms with Crippen LogP contribution in [0.1, 0.15) is 59.6 Å². The maximum Gasteiger partial charge on any atom is 0.254 e. The zero-order valence-electron chi connectivity index (χ0n) is 26.6. The van der Waals surface area contributed by atoms with Gasteiger partial charge in [-0.25, -0.2) is 4.98 Å². The van der Waals surface area contributed by atoms with Crippen molar-refractivity contribution in [1.29, 1.82) is 0 Å². The Morgan fingerprint density at radius 2 is 1.63 bits per heavy atom. The largest absolute Gasteiger partial charge is 0.369 e. The smallest absolute Gasteiger partial charge is 0.254 e. The Bertz CT molecular complexity index is 1570. The summed E-state index contributed by atoms with van der Waals surface area (Å²) in [6.45, 7) is 18.3. The first kappa shape index (κ1) is 30.8. The fraction of sp³-hybridized carbons (Fsp3) is 0.515. The van der Waals surface area contributed by atoms with E-state index in [4.69, 9.17) is 4.98 Å². The Labute approximate surface area is 256 Å². The van der Waals surface area contributed by atoms with Gasteiger partial charge < -0.3 is 20.4 Å². The highest BCUT2D eigenvalue weighted by atomic mass is 28.3. The molecule has 5 rings (SSSR count). The number of carbonyl (C=O) groups is 1. The van der Waals surface area contributed by atoms with Crippen LogP contribution in [0.4, 0.5) is 17.3 Å². The number of piperazine rings is 1. The lowest BCUT2D eigenvalue weighted by Crippen LogP contribution is -2.44. The number of aromatic nitrogens is 3. The van der Waals surface area contributed by atoms with E-state index >= 15 is 0 Å². The molecular weight excluding hydrogens is 554 g/mol. The van der Waals surface area contributed by atoms with Crippen molar-refractivity contribution in [3.63, 3.8) is 0 Å². The average molecular weight is 600 g/mol. The monoisotopic (exact) mass is 599 g/mol. The van der Waals surface area contributed by atoms with Crippen molar-refractivity contribution in [1.82, 2.24) is 24.8 Å². The summed E-state index contributed by atoms with van der Waals surface area (Å²) in [5.74, 6) is 3.64. The Kier molecular flexibility index (Phi) is 8.95. The zero-order chi connectivity index (χ0) is 30.9. The molecule has 2 N–H and O–H groups in total. The van der Waals surface area contributed by atoms with E-state index in [9.17, 15) is 9.59 Å². The van der Waals surface area contributed by atoms with Crippen molar-refractivity contribution >= 4 is 42.3 Å². The van der Waals surface area contributed by atoms with Gasteiger partial charge in [0.2, 0.25) is 11.9 Å². The van der Waals surface area contributed by atoms with Crippen LogP contribution in [-0.2, 0) is 4.79 Å². The topological polar surface area (TPSA) is 95.4 Å². The number of nitrogens with zero attached hydrogens (tertiary/aromatic N) is 5. The number of fused-ring (bicyclic) bond motifs is 1. The van der Waals surface area contributed by atoms with Gasteiger partial charge in [-0.3, -0.25) is 14.2 Å². The summed E-state index contributed by atoms with van der Waals surface area (Å²) in [6, 6.07) is 9.21. The number of nitrogens with one attached hydrogen (secondary N) is 2. The third-order valence-electron chi connectivity index (χ3n) is 9.40. The van der Waals surface area contributed by atoms with Crippen LogP contribution in [0, 0.1) is 11.5 Å². The summed E-state index contributed by atoms with van der Waals surface area (Å²) < 4.78 is 1.52. The maximum atomic E-state index is 13.6. The second kappa shape index (κ2) is 12.5.